The van der Waals surface area contributed by atoms with Crippen molar-refractivity contribution in [3.05, 3.63) is 32.6 Å². The number of H-pyrrole nitrogens is 1. The van der Waals surface area contributed by atoms with Gasteiger partial charge in [-0.05, 0) is 19.8 Å². The van der Waals surface area contributed by atoms with Crippen molar-refractivity contribution in [2.75, 3.05) is 13.1 Å². The van der Waals surface area contributed by atoms with Gasteiger partial charge in [0.05, 0.1) is 6.10 Å². The molecule has 1 unspecified atom stereocenters. The molecule has 0 radical (unpaired) electrons. The number of carboxylic acid groups (broad SMARTS) is 2. The fraction of sp³-hybridized carbons (Fsp3) is 0.667. The normalized spacial score (nSPS) is 20.8. The molecule has 16 nitrogen and oxygen atoms in total. The van der Waals surface area contributed by atoms with E-state index in [0.29, 0.717) is 0 Å². The highest BCUT2D eigenvalue weighted by atomic mass is 31.2. The second-order valence-corrected chi connectivity index (χ2v) is 9.05. The number of aliphatic hydroxyl groups excluding tert-OH is 2. The Morgan fingerprint density at radius 2 is 1.71 bits per heavy atom. The summed E-state index contributed by atoms with van der Waals surface area (Å²) in [6.07, 6.45) is -3.04. The van der Waals surface area contributed by atoms with Gasteiger partial charge in [-0.1, -0.05) is 0 Å². The minimum absolute atomic E-state index is 0.00872. The Kier molecular flexibility index (Phi) is 11.9. The van der Waals surface area contributed by atoms with Gasteiger partial charge in [0.2, 0.25) is 0 Å². The number of hydrogen-bond acceptors (Lipinski definition) is 9. The number of aliphatic hydroxyl groups is 2. The molecular weight excluding hydrogens is 495 g/mol. The van der Waals surface area contributed by atoms with Gasteiger partial charge in [-0.3, -0.25) is 28.8 Å². The molecule has 0 aliphatic carbocycles. The second kappa shape index (κ2) is 13.6. The van der Waals surface area contributed by atoms with Crippen LogP contribution in [0.25, 0.3) is 0 Å². The molecule has 9 N–H and O–H groups in total. The van der Waals surface area contributed by atoms with Crippen LogP contribution in [-0.4, -0.2) is 88.1 Å². The van der Waals surface area contributed by atoms with Crippen molar-refractivity contribution in [1.82, 2.24) is 14.5 Å². The summed E-state index contributed by atoms with van der Waals surface area (Å²) in [5, 5.41) is 38.8. The number of aliphatic carboxylic acids is 2. The number of aromatic amines is 1. The van der Waals surface area contributed by atoms with Crippen LogP contribution in [-0.2, 0) is 18.9 Å². The zero-order chi connectivity index (χ0) is 26.9. The minimum Gasteiger partial charge on any atom is -0.481 e. The molecule has 0 spiro atoms. The first kappa shape index (κ1) is 30.6. The fourth-order valence-electron chi connectivity index (χ4n) is 3.37. The predicted molar refractivity (Wildman–Crippen MR) is 118 cm³/mol. The molecule has 1 saturated heterocycles. The number of rotatable bonds is 11. The molecule has 4 atom stereocenters. The third-order valence-electron chi connectivity index (χ3n) is 4.93. The van der Waals surface area contributed by atoms with Gasteiger partial charge >= 0.3 is 25.4 Å². The number of nitrogens with two attached hydrogens (primary N) is 1. The van der Waals surface area contributed by atoms with E-state index < -0.39 is 55.6 Å². The van der Waals surface area contributed by atoms with Crippen LogP contribution < -0.4 is 16.8 Å². The van der Waals surface area contributed by atoms with Crippen LogP contribution in [0.15, 0.2) is 15.8 Å². The number of aryl methyl sites for hydroxylation is 1. The molecule has 0 amide bonds. The summed E-state index contributed by atoms with van der Waals surface area (Å²) in [7, 11) is -4.14. The van der Waals surface area contributed by atoms with E-state index in [1.54, 1.807) is 0 Å². The fourth-order valence-corrected chi connectivity index (χ4v) is 3.37. The van der Waals surface area contributed by atoms with Gasteiger partial charge in [-0.2, -0.15) is 0 Å². The third-order valence-corrected chi connectivity index (χ3v) is 4.93. The van der Waals surface area contributed by atoms with Crippen molar-refractivity contribution in [2.24, 2.45) is 5.50 Å². The van der Waals surface area contributed by atoms with Crippen molar-refractivity contribution in [2.45, 2.75) is 63.7 Å². The SMILES string of the molecule is Cc1cn([C@H]2C[C@H](O)[C@@H](C(O)N(CCCC(=O)O)CCCC(=O)O)O2)c(=O)[nH]c1=O.NP(=O)(O)O. The monoisotopic (exact) mass is 526 g/mol. The molecule has 0 aromatic carbocycles. The molecule has 0 bridgehead atoms. The van der Waals surface area contributed by atoms with Gasteiger partial charge in [0.25, 0.3) is 5.56 Å². The summed E-state index contributed by atoms with van der Waals surface area (Å²) >= 11 is 0. The quantitative estimate of drug-likeness (QED) is 0.113. The van der Waals surface area contributed by atoms with Crippen molar-refractivity contribution in [3.8, 4) is 0 Å². The van der Waals surface area contributed by atoms with Crippen LogP contribution in [0.5, 0.6) is 0 Å². The zero-order valence-electron chi connectivity index (χ0n) is 18.9. The molecule has 1 aliphatic heterocycles. The van der Waals surface area contributed by atoms with E-state index in [9.17, 15) is 29.4 Å². The molecule has 2 heterocycles. The van der Waals surface area contributed by atoms with Crippen molar-refractivity contribution in [3.63, 3.8) is 0 Å². The van der Waals surface area contributed by atoms with Gasteiger partial charge in [-0.15, -0.1) is 0 Å². The predicted octanol–water partition coefficient (Wildman–Crippen LogP) is -2.12. The molecule has 1 fully saturated rings. The standard InChI is InChI=1S/C18H27N3O9.H4NO3P/c1-10-9-21(18(29)19-16(10)27)12-8-11(22)15(30-12)17(28)20(6-2-4-13(23)24)7-3-5-14(25)26;1-5(2,3)4/h9,11-12,15,17,22,28H,2-8H2,1H3,(H,23,24)(H,25,26)(H,19,27,29);(H4,1,2,3,4)/t11-,12+,15-,17?;/m0./s1. The average molecular weight is 526 g/mol. The maximum Gasteiger partial charge on any atom is 0.397 e. The Morgan fingerprint density at radius 1 is 1.23 bits per heavy atom. The molecule has 17 heteroatoms. The number of nitrogens with one attached hydrogen (secondary N) is 1. The van der Waals surface area contributed by atoms with E-state index >= 15 is 0 Å². The number of aromatic nitrogens is 2. The summed E-state index contributed by atoms with van der Waals surface area (Å²) in [6.45, 7) is 1.82. The molecule has 1 aromatic heterocycles. The van der Waals surface area contributed by atoms with Crippen molar-refractivity contribution in [1.29, 1.82) is 0 Å². The summed E-state index contributed by atoms with van der Waals surface area (Å²) < 4.78 is 15.9. The number of carbonyl (C=O) groups is 2. The summed E-state index contributed by atoms with van der Waals surface area (Å²) in [6, 6.07) is 0. The van der Waals surface area contributed by atoms with Crippen LogP contribution in [0.1, 0.15) is 43.9 Å². The average Bonchev–Trinajstić information content (AvgIpc) is 3.08. The lowest BCUT2D eigenvalue weighted by Gasteiger charge is -2.32. The summed E-state index contributed by atoms with van der Waals surface area (Å²) in [5.74, 6) is -2.00. The van der Waals surface area contributed by atoms with Crippen LogP contribution in [0.3, 0.4) is 0 Å². The van der Waals surface area contributed by atoms with Crippen LogP contribution in [0, 0.1) is 6.92 Å². The lowest BCUT2D eigenvalue weighted by atomic mass is 10.1. The van der Waals surface area contributed by atoms with Crippen molar-refractivity contribution >= 4 is 19.7 Å². The highest BCUT2D eigenvalue weighted by molar-refractivity contribution is 7.49. The minimum atomic E-state index is -4.14. The molecule has 200 valence electrons. The molecule has 0 saturated carbocycles. The largest absolute Gasteiger partial charge is 0.481 e. The number of hydrogen-bond donors (Lipinski definition) is 8. The Labute approximate surface area is 198 Å². The smallest absolute Gasteiger partial charge is 0.397 e. The molecular formula is C18H31N4O12P. The first-order valence-corrected chi connectivity index (χ1v) is 12.1. The number of nitrogens with zero attached hydrogens (tertiary/aromatic N) is 2. The highest BCUT2D eigenvalue weighted by Gasteiger charge is 2.41. The molecule has 1 aromatic rings. The summed E-state index contributed by atoms with van der Waals surface area (Å²) in [4.78, 5) is 63.6. The number of ether oxygens (including phenoxy) is 1. The third kappa shape index (κ3) is 11.2. The Hall–Kier alpha value is -2.43. The van der Waals surface area contributed by atoms with E-state index in [4.69, 9.17) is 29.3 Å². The van der Waals surface area contributed by atoms with Gasteiger partial charge < -0.3 is 34.9 Å². The van der Waals surface area contributed by atoms with Gasteiger partial charge in [0, 0.05) is 44.1 Å². The van der Waals surface area contributed by atoms with Crippen LogP contribution in [0.4, 0.5) is 0 Å². The van der Waals surface area contributed by atoms with E-state index in [1.807, 2.05) is 0 Å². The van der Waals surface area contributed by atoms with Gasteiger partial charge in [-0.25, -0.2) is 14.9 Å². The van der Waals surface area contributed by atoms with Gasteiger partial charge in [0.15, 0.2) is 0 Å². The van der Waals surface area contributed by atoms with E-state index in [-0.39, 0.29) is 50.8 Å². The maximum atomic E-state index is 12.1. The van der Waals surface area contributed by atoms with Crippen LogP contribution in [0.2, 0.25) is 0 Å². The Balaban J connectivity index is 0.00000111. The molecule has 35 heavy (non-hydrogen) atoms. The lowest BCUT2D eigenvalue weighted by Crippen LogP contribution is -2.48. The Bertz CT molecular complexity index is 993. The Morgan fingerprint density at radius 3 is 2.17 bits per heavy atom. The van der Waals surface area contributed by atoms with Gasteiger partial charge in [0.1, 0.15) is 18.6 Å². The van der Waals surface area contributed by atoms with E-state index in [0.717, 1.165) is 4.57 Å². The van der Waals surface area contributed by atoms with Crippen LogP contribution >= 0.6 is 7.75 Å². The van der Waals surface area contributed by atoms with Crippen molar-refractivity contribution < 1.29 is 49.1 Å². The lowest BCUT2D eigenvalue weighted by molar-refractivity contribution is -0.144. The molecule has 2 rings (SSSR count). The summed E-state index contributed by atoms with van der Waals surface area (Å²) in [5.41, 5.74) is 3.06. The number of carboxylic acids is 2. The van der Waals surface area contributed by atoms with E-state index in [1.165, 1.54) is 18.0 Å². The highest BCUT2D eigenvalue weighted by Crippen LogP contribution is 2.30. The second-order valence-electron chi connectivity index (χ2n) is 7.87. The maximum absolute atomic E-state index is 12.1. The zero-order valence-corrected chi connectivity index (χ0v) is 19.8. The first-order chi connectivity index (χ1) is 16.1. The van der Waals surface area contributed by atoms with E-state index in [2.05, 4.69) is 10.5 Å². The first-order valence-electron chi connectivity index (χ1n) is 10.5. The molecule has 1 aliphatic rings. The topological polar surface area (TPSA) is 266 Å².